The van der Waals surface area contributed by atoms with Gasteiger partial charge < -0.3 is 4.74 Å². The first-order chi connectivity index (χ1) is 15.0. The Bertz CT molecular complexity index is 1150. The predicted octanol–water partition coefficient (Wildman–Crippen LogP) is 6.12. The van der Waals surface area contributed by atoms with Gasteiger partial charge in [0.1, 0.15) is 12.4 Å². The molecular weight excluding hydrogens is 406 g/mol. The van der Waals surface area contributed by atoms with Crippen LogP contribution in [0.25, 0.3) is 6.08 Å². The Balaban J connectivity index is 1.45. The number of rotatable bonds is 6. The van der Waals surface area contributed by atoms with Crippen molar-refractivity contribution < 1.29 is 14.3 Å². The second-order valence-corrected chi connectivity index (χ2v) is 8.60. The average Bonchev–Trinajstić information content (AvgIpc) is 3.01. The maximum absolute atomic E-state index is 12.8. The van der Waals surface area contributed by atoms with Crippen molar-refractivity contribution in [2.24, 2.45) is 0 Å². The lowest BCUT2D eigenvalue weighted by Crippen LogP contribution is -2.27. The molecular formula is C26H23NO3S. The molecule has 5 heteroatoms. The summed E-state index contributed by atoms with van der Waals surface area (Å²) in [6.45, 7) is 4.79. The van der Waals surface area contributed by atoms with Crippen LogP contribution in [-0.2, 0) is 17.9 Å². The molecule has 0 spiro atoms. The van der Waals surface area contributed by atoms with Crippen molar-refractivity contribution in [3.8, 4) is 5.75 Å². The Morgan fingerprint density at radius 2 is 1.65 bits per heavy atom. The number of carbonyl (C=O) groups is 2. The number of carbonyl (C=O) groups excluding carboxylic acids is 2. The largest absolute Gasteiger partial charge is 0.489 e. The highest BCUT2D eigenvalue weighted by molar-refractivity contribution is 8.18. The molecule has 2 amide bonds. The second kappa shape index (κ2) is 9.23. The summed E-state index contributed by atoms with van der Waals surface area (Å²) in [5, 5.41) is -0.246. The van der Waals surface area contributed by atoms with Crippen LogP contribution < -0.4 is 4.74 Å². The molecule has 1 aliphatic heterocycles. The molecule has 3 aromatic carbocycles. The van der Waals surface area contributed by atoms with Crippen LogP contribution in [0, 0.1) is 13.8 Å². The van der Waals surface area contributed by atoms with E-state index in [4.69, 9.17) is 4.74 Å². The zero-order chi connectivity index (χ0) is 21.8. The number of amides is 2. The van der Waals surface area contributed by atoms with Crippen LogP contribution in [-0.4, -0.2) is 16.0 Å². The quantitative estimate of drug-likeness (QED) is 0.443. The van der Waals surface area contributed by atoms with Gasteiger partial charge in [0.05, 0.1) is 11.4 Å². The zero-order valence-electron chi connectivity index (χ0n) is 17.5. The summed E-state index contributed by atoms with van der Waals surface area (Å²) in [4.78, 5) is 27.0. The average molecular weight is 430 g/mol. The van der Waals surface area contributed by atoms with Gasteiger partial charge in [0.25, 0.3) is 11.1 Å². The molecule has 0 saturated carbocycles. The Morgan fingerprint density at radius 1 is 0.871 bits per heavy atom. The van der Waals surface area contributed by atoms with Gasteiger partial charge in [-0.05, 0) is 60.5 Å². The van der Waals surface area contributed by atoms with Crippen LogP contribution >= 0.6 is 11.8 Å². The topological polar surface area (TPSA) is 46.6 Å². The number of imide groups is 1. The monoisotopic (exact) mass is 429 g/mol. The maximum atomic E-state index is 12.8. The van der Waals surface area contributed by atoms with E-state index < -0.39 is 0 Å². The first kappa shape index (κ1) is 20.9. The fourth-order valence-corrected chi connectivity index (χ4v) is 4.16. The lowest BCUT2D eigenvalue weighted by molar-refractivity contribution is -0.123. The molecule has 4 nitrogen and oxygen atoms in total. The van der Waals surface area contributed by atoms with Gasteiger partial charge in [-0.25, -0.2) is 0 Å². The van der Waals surface area contributed by atoms with E-state index in [1.807, 2.05) is 67.6 Å². The van der Waals surface area contributed by atoms with Crippen molar-refractivity contribution in [1.82, 2.24) is 4.90 Å². The molecule has 156 valence electrons. The summed E-state index contributed by atoms with van der Waals surface area (Å²) >= 11 is 0.975. The molecule has 0 radical (unpaired) electrons. The van der Waals surface area contributed by atoms with Crippen LogP contribution in [0.15, 0.2) is 77.7 Å². The Kier molecular flexibility index (Phi) is 6.23. The molecule has 4 rings (SSSR count). The molecule has 1 fully saturated rings. The molecule has 1 aliphatic rings. The van der Waals surface area contributed by atoms with Crippen molar-refractivity contribution in [1.29, 1.82) is 0 Å². The molecule has 1 saturated heterocycles. The summed E-state index contributed by atoms with van der Waals surface area (Å²) in [5.74, 6) is 0.454. The fourth-order valence-electron chi connectivity index (χ4n) is 3.33. The third kappa shape index (κ3) is 5.25. The van der Waals surface area contributed by atoms with Gasteiger partial charge in [0.15, 0.2) is 0 Å². The minimum atomic E-state index is -0.262. The van der Waals surface area contributed by atoms with E-state index >= 15 is 0 Å². The first-order valence-corrected chi connectivity index (χ1v) is 10.9. The number of aryl methyl sites for hydroxylation is 2. The molecule has 31 heavy (non-hydrogen) atoms. The van der Waals surface area contributed by atoms with E-state index in [0.29, 0.717) is 17.3 Å². The van der Waals surface area contributed by atoms with E-state index in [2.05, 4.69) is 19.1 Å². The van der Waals surface area contributed by atoms with Crippen LogP contribution in [0.3, 0.4) is 0 Å². The number of ether oxygens (including phenoxy) is 1. The highest BCUT2D eigenvalue weighted by Crippen LogP contribution is 2.33. The molecule has 1 heterocycles. The highest BCUT2D eigenvalue weighted by atomic mass is 32.2. The maximum Gasteiger partial charge on any atom is 0.293 e. The van der Waals surface area contributed by atoms with Crippen LogP contribution in [0.1, 0.15) is 27.8 Å². The standard InChI is InChI=1S/C26H23NO3S/c1-18-9-11-20(12-10-18)17-30-23-8-4-6-21(14-23)15-24-25(28)27(26(29)31-24)16-22-7-3-5-19(2)13-22/h3-15H,16-17H2,1-2H3/b24-15-. The van der Waals surface area contributed by atoms with Gasteiger partial charge in [0.2, 0.25) is 0 Å². The van der Waals surface area contributed by atoms with E-state index in [1.165, 1.54) is 10.5 Å². The number of hydrogen-bond donors (Lipinski definition) is 0. The van der Waals surface area contributed by atoms with Crippen LogP contribution in [0.4, 0.5) is 4.79 Å². The molecule has 0 unspecified atom stereocenters. The third-order valence-corrected chi connectivity index (χ3v) is 5.89. The summed E-state index contributed by atoms with van der Waals surface area (Å²) in [5.41, 5.74) is 5.16. The molecule has 0 N–H and O–H groups in total. The van der Waals surface area contributed by atoms with E-state index in [0.717, 1.165) is 34.0 Å². The minimum Gasteiger partial charge on any atom is -0.489 e. The fraction of sp³-hybridized carbons (Fsp3) is 0.154. The van der Waals surface area contributed by atoms with Crippen molar-refractivity contribution in [2.45, 2.75) is 27.0 Å². The van der Waals surface area contributed by atoms with Crippen molar-refractivity contribution in [3.05, 3.63) is 106 Å². The molecule has 3 aromatic rings. The summed E-state index contributed by atoms with van der Waals surface area (Å²) in [6.07, 6.45) is 1.75. The van der Waals surface area contributed by atoms with Crippen LogP contribution in [0.5, 0.6) is 5.75 Å². The number of thioether (sulfide) groups is 1. The molecule has 0 bridgehead atoms. The lowest BCUT2D eigenvalue weighted by Gasteiger charge is -2.12. The van der Waals surface area contributed by atoms with Crippen LogP contribution in [0.2, 0.25) is 0 Å². The third-order valence-electron chi connectivity index (χ3n) is 4.98. The normalized spacial score (nSPS) is 15.0. The minimum absolute atomic E-state index is 0.246. The Morgan fingerprint density at radius 3 is 2.42 bits per heavy atom. The van der Waals surface area contributed by atoms with Gasteiger partial charge in [0, 0.05) is 0 Å². The first-order valence-electron chi connectivity index (χ1n) is 10.1. The summed E-state index contributed by atoms with van der Waals surface area (Å²) in [6, 6.07) is 23.6. The number of hydrogen-bond acceptors (Lipinski definition) is 4. The Hall–Kier alpha value is -3.31. The van der Waals surface area contributed by atoms with E-state index in [9.17, 15) is 9.59 Å². The van der Waals surface area contributed by atoms with E-state index in [-0.39, 0.29) is 17.7 Å². The van der Waals surface area contributed by atoms with Gasteiger partial charge >= 0.3 is 0 Å². The molecule has 0 aromatic heterocycles. The highest BCUT2D eigenvalue weighted by Gasteiger charge is 2.34. The molecule has 0 atom stereocenters. The van der Waals surface area contributed by atoms with Crippen molar-refractivity contribution in [2.75, 3.05) is 0 Å². The van der Waals surface area contributed by atoms with Crippen molar-refractivity contribution >= 4 is 29.0 Å². The van der Waals surface area contributed by atoms with Crippen molar-refractivity contribution in [3.63, 3.8) is 0 Å². The van der Waals surface area contributed by atoms with Gasteiger partial charge in [-0.3, -0.25) is 14.5 Å². The SMILES string of the molecule is Cc1ccc(COc2cccc(/C=C3\SC(=O)N(Cc4cccc(C)c4)C3=O)c2)cc1. The smallest absolute Gasteiger partial charge is 0.293 e. The number of nitrogens with zero attached hydrogens (tertiary/aromatic N) is 1. The van der Waals surface area contributed by atoms with Gasteiger partial charge in [-0.1, -0.05) is 71.8 Å². The Labute approximate surface area is 186 Å². The summed E-state index contributed by atoms with van der Waals surface area (Å²) in [7, 11) is 0. The second-order valence-electron chi connectivity index (χ2n) is 7.60. The zero-order valence-corrected chi connectivity index (χ0v) is 18.3. The summed E-state index contributed by atoms with van der Waals surface area (Å²) < 4.78 is 5.90. The lowest BCUT2D eigenvalue weighted by atomic mass is 10.1. The van der Waals surface area contributed by atoms with Gasteiger partial charge in [-0.15, -0.1) is 0 Å². The van der Waals surface area contributed by atoms with E-state index in [1.54, 1.807) is 6.08 Å². The number of benzene rings is 3. The van der Waals surface area contributed by atoms with Gasteiger partial charge in [-0.2, -0.15) is 0 Å². The predicted molar refractivity (Wildman–Crippen MR) is 125 cm³/mol. The molecule has 0 aliphatic carbocycles.